The Labute approximate surface area is 225 Å². The summed E-state index contributed by atoms with van der Waals surface area (Å²) in [5, 5.41) is 6.38. The Morgan fingerprint density at radius 3 is 2.44 bits per heavy atom. The molecule has 39 heavy (non-hydrogen) atoms. The Hall–Kier alpha value is -3.65. The minimum Gasteiger partial charge on any atom is -0.488 e. The fourth-order valence-corrected chi connectivity index (χ4v) is 5.03. The third-order valence-electron chi connectivity index (χ3n) is 7.28. The maximum atomic E-state index is 14.5. The lowest BCUT2D eigenvalue weighted by molar-refractivity contribution is -0.124. The maximum absolute atomic E-state index is 14.5. The predicted octanol–water partition coefficient (Wildman–Crippen LogP) is 6.12. The van der Waals surface area contributed by atoms with E-state index in [4.69, 9.17) is 4.74 Å². The molecule has 0 saturated heterocycles. The average Bonchev–Trinajstić information content (AvgIpc) is 3.80. The molecule has 1 heterocycles. The normalized spacial score (nSPS) is 17.8. The summed E-state index contributed by atoms with van der Waals surface area (Å²) in [6, 6.07) is 15.6. The summed E-state index contributed by atoms with van der Waals surface area (Å²) in [6.07, 6.45) is 5.00. The molecule has 1 aliphatic heterocycles. The number of ether oxygens (including phenoxy) is 1. The number of hydrogen-bond donors (Lipinski definition) is 2. The number of amides is 1. The van der Waals surface area contributed by atoms with Crippen LogP contribution in [0.2, 0.25) is 0 Å². The molecule has 1 amide bonds. The Kier molecular flexibility index (Phi) is 8.31. The highest BCUT2D eigenvalue weighted by Crippen LogP contribution is 2.42. The highest BCUT2D eigenvalue weighted by atomic mass is 19.2. The van der Waals surface area contributed by atoms with Crippen LogP contribution in [-0.4, -0.2) is 25.6 Å². The number of rotatable bonds is 10. The number of carbonyl (C=O) groups is 1. The molecule has 204 valence electrons. The molecule has 5 rings (SSSR count). The fraction of sp³-hybridized carbons (Fsp3) is 0.323. The number of carbonyl (C=O) groups excluding carboxylic acids is 1. The summed E-state index contributed by atoms with van der Waals surface area (Å²) >= 11 is 0. The van der Waals surface area contributed by atoms with E-state index in [1.165, 1.54) is 6.07 Å². The molecule has 2 aliphatic rings. The quantitative estimate of drug-likeness (QED) is 0.186. The first-order chi connectivity index (χ1) is 18.9. The van der Waals surface area contributed by atoms with Gasteiger partial charge in [0.1, 0.15) is 5.82 Å². The van der Waals surface area contributed by atoms with Gasteiger partial charge in [-0.1, -0.05) is 48.5 Å². The third kappa shape index (κ3) is 6.33. The van der Waals surface area contributed by atoms with E-state index in [9.17, 15) is 22.4 Å². The molecular weight excluding hydrogens is 508 g/mol. The molecule has 3 aromatic rings. The zero-order valence-corrected chi connectivity index (χ0v) is 21.4. The van der Waals surface area contributed by atoms with Crippen molar-refractivity contribution >= 4 is 11.5 Å². The molecule has 2 N–H and O–H groups in total. The first-order valence-corrected chi connectivity index (χ1v) is 13.2. The van der Waals surface area contributed by atoms with Gasteiger partial charge in [-0.25, -0.2) is 13.2 Å². The predicted molar refractivity (Wildman–Crippen MR) is 141 cm³/mol. The van der Waals surface area contributed by atoms with Gasteiger partial charge in [0.05, 0.1) is 18.6 Å². The first-order valence-electron chi connectivity index (χ1n) is 13.2. The molecule has 3 aromatic carbocycles. The van der Waals surface area contributed by atoms with Gasteiger partial charge in [-0.15, -0.1) is 0 Å². The van der Waals surface area contributed by atoms with E-state index in [1.54, 1.807) is 18.2 Å². The Balaban J connectivity index is 1.20. The van der Waals surface area contributed by atoms with Crippen molar-refractivity contribution in [2.24, 2.45) is 11.8 Å². The molecule has 0 radical (unpaired) electrons. The van der Waals surface area contributed by atoms with Gasteiger partial charge < -0.3 is 15.4 Å². The Morgan fingerprint density at radius 2 is 1.69 bits per heavy atom. The van der Waals surface area contributed by atoms with Crippen molar-refractivity contribution in [2.45, 2.75) is 31.7 Å². The van der Waals surface area contributed by atoms with Crippen molar-refractivity contribution in [1.29, 1.82) is 0 Å². The topological polar surface area (TPSA) is 50.4 Å². The lowest BCUT2D eigenvalue weighted by Gasteiger charge is -2.28. The van der Waals surface area contributed by atoms with Crippen molar-refractivity contribution < 1.29 is 27.1 Å². The SMILES string of the molecule is O=C(NC(c1ccccc1F)C1CC1)C1CNCC=C1c1ccc(CCCOc2c(F)ccc(F)c2F)cc1. The summed E-state index contributed by atoms with van der Waals surface area (Å²) < 4.78 is 60.5. The van der Waals surface area contributed by atoms with Crippen molar-refractivity contribution in [3.05, 3.63) is 107 Å². The molecule has 0 bridgehead atoms. The molecule has 1 fully saturated rings. The van der Waals surface area contributed by atoms with E-state index in [2.05, 4.69) is 10.6 Å². The van der Waals surface area contributed by atoms with Crippen molar-refractivity contribution in [1.82, 2.24) is 10.6 Å². The van der Waals surface area contributed by atoms with Crippen LogP contribution in [0.1, 0.15) is 42.0 Å². The number of hydrogen-bond acceptors (Lipinski definition) is 3. The second kappa shape index (κ2) is 12.0. The van der Waals surface area contributed by atoms with Gasteiger partial charge in [-0.05, 0) is 66.5 Å². The van der Waals surface area contributed by atoms with E-state index in [0.717, 1.165) is 41.7 Å². The van der Waals surface area contributed by atoms with Gasteiger partial charge in [0.25, 0.3) is 0 Å². The zero-order chi connectivity index (χ0) is 27.4. The molecule has 1 saturated carbocycles. The highest BCUT2D eigenvalue weighted by molar-refractivity contribution is 5.93. The molecule has 2 atom stereocenters. The van der Waals surface area contributed by atoms with Crippen LogP contribution in [-0.2, 0) is 11.2 Å². The molecule has 2 unspecified atom stereocenters. The Morgan fingerprint density at radius 1 is 0.949 bits per heavy atom. The van der Waals surface area contributed by atoms with Gasteiger partial charge >= 0.3 is 0 Å². The van der Waals surface area contributed by atoms with Gasteiger partial charge in [0, 0.05) is 18.7 Å². The zero-order valence-electron chi connectivity index (χ0n) is 21.4. The van der Waals surface area contributed by atoms with E-state index in [1.807, 2.05) is 30.3 Å². The summed E-state index contributed by atoms with van der Waals surface area (Å²) in [4.78, 5) is 13.4. The Bertz CT molecular complexity index is 1360. The second-order valence-corrected chi connectivity index (χ2v) is 10.0. The van der Waals surface area contributed by atoms with Crippen molar-refractivity contribution in [2.75, 3.05) is 19.7 Å². The van der Waals surface area contributed by atoms with Gasteiger partial charge in [-0.3, -0.25) is 4.79 Å². The van der Waals surface area contributed by atoms with Crippen LogP contribution < -0.4 is 15.4 Å². The minimum absolute atomic E-state index is 0.0300. The van der Waals surface area contributed by atoms with E-state index < -0.39 is 29.1 Å². The minimum atomic E-state index is -1.33. The number of aryl methyl sites for hydroxylation is 1. The monoisotopic (exact) mass is 538 g/mol. The highest BCUT2D eigenvalue weighted by Gasteiger charge is 2.37. The maximum Gasteiger partial charge on any atom is 0.229 e. The number of halogens is 4. The summed E-state index contributed by atoms with van der Waals surface area (Å²) in [7, 11) is 0. The fourth-order valence-electron chi connectivity index (χ4n) is 5.03. The standard InChI is InChI=1S/C31H30F4N2O2/c32-25-6-2-1-5-23(25)29(21-11-12-21)37-31(38)24-18-36-16-15-22(24)20-9-7-19(8-10-20)4-3-17-39-30-27(34)14-13-26(33)28(30)35/h1-2,5-10,13-15,21,24,29,36H,3-4,11-12,16-18H2,(H,37,38). The lowest BCUT2D eigenvalue weighted by atomic mass is 9.88. The summed E-state index contributed by atoms with van der Waals surface area (Å²) in [5.74, 6) is -4.74. The van der Waals surface area contributed by atoms with Crippen LogP contribution in [0.4, 0.5) is 17.6 Å². The van der Waals surface area contributed by atoms with Gasteiger partial charge in [0.15, 0.2) is 17.4 Å². The van der Waals surface area contributed by atoms with Crippen LogP contribution in [0.3, 0.4) is 0 Å². The molecule has 0 aromatic heterocycles. The van der Waals surface area contributed by atoms with Crippen LogP contribution >= 0.6 is 0 Å². The smallest absolute Gasteiger partial charge is 0.229 e. The van der Waals surface area contributed by atoms with E-state index in [-0.39, 0.29) is 30.3 Å². The second-order valence-electron chi connectivity index (χ2n) is 10.0. The number of benzene rings is 3. The van der Waals surface area contributed by atoms with Gasteiger partial charge in [0.2, 0.25) is 11.7 Å². The number of nitrogens with one attached hydrogen (secondary N) is 2. The first kappa shape index (κ1) is 26.9. The third-order valence-corrected chi connectivity index (χ3v) is 7.28. The molecule has 8 heteroatoms. The summed E-state index contributed by atoms with van der Waals surface area (Å²) in [6.45, 7) is 1.16. The van der Waals surface area contributed by atoms with Crippen LogP contribution in [0.15, 0.2) is 66.7 Å². The largest absolute Gasteiger partial charge is 0.488 e. The van der Waals surface area contributed by atoms with Crippen molar-refractivity contribution in [3.63, 3.8) is 0 Å². The van der Waals surface area contributed by atoms with Gasteiger partial charge in [-0.2, -0.15) is 4.39 Å². The molecule has 0 spiro atoms. The van der Waals surface area contributed by atoms with Crippen LogP contribution in [0, 0.1) is 35.1 Å². The van der Waals surface area contributed by atoms with E-state index >= 15 is 0 Å². The average molecular weight is 539 g/mol. The van der Waals surface area contributed by atoms with Crippen molar-refractivity contribution in [3.8, 4) is 5.75 Å². The summed E-state index contributed by atoms with van der Waals surface area (Å²) in [5.41, 5.74) is 3.36. The van der Waals surface area contributed by atoms with E-state index in [0.29, 0.717) is 31.5 Å². The molecule has 1 aliphatic carbocycles. The van der Waals surface area contributed by atoms with Crippen LogP contribution in [0.25, 0.3) is 5.57 Å². The molecule has 4 nitrogen and oxygen atoms in total. The molecular formula is C31H30F4N2O2. The lowest BCUT2D eigenvalue weighted by Crippen LogP contribution is -2.42. The van der Waals surface area contributed by atoms with Crippen LogP contribution in [0.5, 0.6) is 5.75 Å².